The summed E-state index contributed by atoms with van der Waals surface area (Å²) in [7, 11) is -10.0. The van der Waals surface area contributed by atoms with Gasteiger partial charge in [-0.15, -0.1) is 0 Å². The number of allylic oxidation sites excluding steroid dienone is 32. The molecule has 0 aromatic heterocycles. The number of hydrogen-bond donors (Lipinski definition) is 3. The molecule has 3 N–H and O–H groups in total. The normalized spacial score (nSPS) is 14.7. The van der Waals surface area contributed by atoms with Gasteiger partial charge in [-0.25, -0.2) is 9.13 Å². The van der Waals surface area contributed by atoms with Crippen LogP contribution in [0.4, 0.5) is 0 Å². The minimum atomic E-state index is -5.02. The van der Waals surface area contributed by atoms with Gasteiger partial charge in [0, 0.05) is 25.7 Å². The molecule has 0 radical (unpaired) electrons. The monoisotopic (exact) mass is 1600 g/mol. The summed E-state index contributed by atoms with van der Waals surface area (Å²) < 4.78 is 68.7. The van der Waals surface area contributed by atoms with Crippen LogP contribution in [-0.2, 0) is 65.4 Å². The number of carbonyl (C=O) groups excluding carboxylic acids is 4. The molecular weight excluding hydrogens is 1450 g/mol. The summed E-state index contributed by atoms with van der Waals surface area (Å²) in [6, 6.07) is 0. The fourth-order valence-corrected chi connectivity index (χ4v) is 12.3. The fraction of sp³-hybridized carbons (Fsp3) is 0.613. The van der Waals surface area contributed by atoms with Gasteiger partial charge in [0.2, 0.25) is 0 Å². The smallest absolute Gasteiger partial charge is 0.462 e. The number of carbonyl (C=O) groups is 4. The number of aliphatic hydroxyl groups is 1. The SMILES string of the molecule is CC/C=C\C/C=C\C/C=C\C/C=C\C/C=C\C/C=C\CCC(=O)OCC(COP(=O)(O)OCC(O)COP(=O)(O)OCC(COC(=O)CC/C=C\C/C=C\C/C=C\C/C=C\C/C=C\C/C=C\CC)OC(=O)CCCCCCCCCCCCCCCCC)OC(=O)CCCCCCCC/C=C\C/C=C\C/C=C\C/C=C\CC. The van der Waals surface area contributed by atoms with E-state index in [1.54, 1.807) is 0 Å². The van der Waals surface area contributed by atoms with Gasteiger partial charge in [0.05, 0.1) is 26.4 Å². The van der Waals surface area contributed by atoms with E-state index in [4.69, 9.17) is 37.0 Å². The van der Waals surface area contributed by atoms with Gasteiger partial charge >= 0.3 is 39.5 Å². The van der Waals surface area contributed by atoms with Crippen molar-refractivity contribution < 1.29 is 80.2 Å². The lowest BCUT2D eigenvalue weighted by molar-refractivity contribution is -0.161. The highest BCUT2D eigenvalue weighted by molar-refractivity contribution is 7.47. The number of unbranched alkanes of at least 4 members (excludes halogenated alkanes) is 20. The highest BCUT2D eigenvalue weighted by atomic mass is 31.2. The molecule has 5 atom stereocenters. The fourth-order valence-electron chi connectivity index (χ4n) is 10.7. The Morgan fingerprint density at radius 3 is 0.750 bits per heavy atom. The number of phosphoric acid groups is 2. The Labute approximate surface area is 678 Å². The molecule has 5 unspecified atom stereocenters. The second-order valence-electron chi connectivity index (χ2n) is 27.6. The van der Waals surface area contributed by atoms with Crippen LogP contribution >= 0.6 is 15.6 Å². The Bertz CT molecular complexity index is 2890. The van der Waals surface area contributed by atoms with Crippen molar-refractivity contribution in [2.24, 2.45) is 0 Å². The molecule has 0 aromatic carbocycles. The summed E-state index contributed by atoms with van der Waals surface area (Å²) in [6.07, 6.45) is 103. The van der Waals surface area contributed by atoms with Gasteiger partial charge in [0.15, 0.2) is 12.2 Å². The van der Waals surface area contributed by atoms with Gasteiger partial charge in [-0.05, 0) is 141 Å². The highest BCUT2D eigenvalue weighted by Crippen LogP contribution is 2.45. The van der Waals surface area contributed by atoms with Crippen molar-refractivity contribution in [2.45, 2.75) is 329 Å². The second-order valence-corrected chi connectivity index (χ2v) is 30.5. The Hall–Kier alpha value is -6.10. The molecule has 0 saturated carbocycles. The van der Waals surface area contributed by atoms with Crippen LogP contribution in [0.25, 0.3) is 0 Å². The number of rotatable bonds is 78. The molecule has 0 bridgehead atoms. The van der Waals surface area contributed by atoms with Gasteiger partial charge in [-0.1, -0.05) is 338 Å². The van der Waals surface area contributed by atoms with E-state index in [1.807, 2.05) is 36.5 Å². The van der Waals surface area contributed by atoms with Crippen LogP contribution < -0.4 is 0 Å². The number of hydrogen-bond acceptors (Lipinski definition) is 15. The molecule has 0 heterocycles. The Morgan fingerprint density at radius 1 is 0.259 bits per heavy atom. The average molecular weight is 1600 g/mol. The molecule has 0 aliphatic carbocycles. The molecule has 0 spiro atoms. The van der Waals surface area contributed by atoms with Gasteiger partial charge < -0.3 is 33.8 Å². The lowest BCUT2D eigenvalue weighted by atomic mass is 10.0. The molecule has 0 aliphatic rings. The van der Waals surface area contributed by atoms with Crippen LogP contribution in [0, 0.1) is 0 Å². The van der Waals surface area contributed by atoms with Crippen LogP contribution in [0.5, 0.6) is 0 Å². The molecule has 0 saturated heterocycles. The van der Waals surface area contributed by atoms with Crippen molar-refractivity contribution in [1.82, 2.24) is 0 Å². The van der Waals surface area contributed by atoms with Crippen LogP contribution in [0.1, 0.15) is 310 Å². The summed E-state index contributed by atoms with van der Waals surface area (Å²) in [5.74, 6) is -2.39. The summed E-state index contributed by atoms with van der Waals surface area (Å²) in [6.45, 7) is 4.36. The van der Waals surface area contributed by atoms with E-state index in [0.717, 1.165) is 154 Å². The first-order valence-electron chi connectivity index (χ1n) is 42.7. The number of ether oxygens (including phenoxy) is 4. The predicted octanol–water partition coefficient (Wildman–Crippen LogP) is 25.7. The molecule has 19 heteroatoms. The molecule has 634 valence electrons. The first kappa shape index (κ1) is 106. The zero-order valence-corrected chi connectivity index (χ0v) is 71.3. The van der Waals surface area contributed by atoms with Crippen LogP contribution in [-0.4, -0.2) is 96.7 Å². The molecule has 112 heavy (non-hydrogen) atoms. The molecule has 0 fully saturated rings. The Balaban J connectivity index is 5.53. The molecule has 0 amide bonds. The van der Waals surface area contributed by atoms with Gasteiger partial charge in [0.25, 0.3) is 0 Å². The van der Waals surface area contributed by atoms with Gasteiger partial charge in [-0.3, -0.25) is 37.3 Å². The van der Waals surface area contributed by atoms with Crippen molar-refractivity contribution in [3.05, 3.63) is 194 Å². The zero-order chi connectivity index (χ0) is 81.7. The standard InChI is InChI=1S/C93H150O17P2/c1-5-9-13-17-21-25-29-33-37-40-43-46-50-53-57-61-65-69-73-77-90(95)103-83-88(109-92(97)79-75-71-67-63-59-55-49-36-32-28-24-20-16-12-8-4)85-107-111(99,100)105-81-87(94)82-106-112(101,102)108-86-89(110-93(98)80-76-72-68-64-60-56-52-48-45-42-39-35-31-27-23-19-15-11-7-3)84-104-91(96)78-74-70-66-62-58-54-51-47-44-41-38-34-30-26-22-18-14-10-6-2/h9-11,13-15,21-23,25-27,33-35,37-39,43-48,53-54,57-58,65-66,69-70,87-89,94H,5-8,12,16-20,24,28-32,36,40-42,49-52,55-56,59-64,67-68,71-86H2,1-4H3,(H,99,100)(H,101,102)/b13-9-,14-10-,15-11-,25-21-,26-22-,27-23-,37-33-,38-34-,39-35-,46-43-,47-44-,48-45-,57-53-,58-54-,69-65-,70-66-. The van der Waals surface area contributed by atoms with Gasteiger partial charge in [0.1, 0.15) is 19.3 Å². The maximum atomic E-state index is 13.1. The van der Waals surface area contributed by atoms with E-state index in [2.05, 4.69) is 186 Å². The number of aliphatic hydroxyl groups excluding tert-OH is 1. The summed E-state index contributed by atoms with van der Waals surface area (Å²) in [4.78, 5) is 73.2. The third-order valence-corrected chi connectivity index (χ3v) is 19.0. The van der Waals surface area contributed by atoms with E-state index in [1.165, 1.54) is 64.2 Å². The molecular formula is C93H150O17P2. The first-order valence-corrected chi connectivity index (χ1v) is 45.7. The Morgan fingerprint density at radius 2 is 0.482 bits per heavy atom. The Kier molecular flexibility index (Phi) is 78.4. The zero-order valence-electron chi connectivity index (χ0n) is 69.5. The summed E-state index contributed by atoms with van der Waals surface area (Å²) in [5.41, 5.74) is 0. The summed E-state index contributed by atoms with van der Waals surface area (Å²) >= 11 is 0. The topological polar surface area (TPSA) is 237 Å². The highest BCUT2D eigenvalue weighted by Gasteiger charge is 2.30. The van der Waals surface area contributed by atoms with Crippen LogP contribution in [0.15, 0.2) is 194 Å². The maximum Gasteiger partial charge on any atom is 0.472 e. The van der Waals surface area contributed by atoms with Crippen LogP contribution in [0.3, 0.4) is 0 Å². The maximum absolute atomic E-state index is 13.1. The lowest BCUT2D eigenvalue weighted by Crippen LogP contribution is -2.30. The van der Waals surface area contributed by atoms with Crippen LogP contribution in [0.2, 0.25) is 0 Å². The molecule has 0 rings (SSSR count). The first-order chi connectivity index (χ1) is 54.7. The van der Waals surface area contributed by atoms with Crippen molar-refractivity contribution in [1.29, 1.82) is 0 Å². The van der Waals surface area contributed by atoms with E-state index in [-0.39, 0.29) is 25.7 Å². The second kappa shape index (κ2) is 82.9. The van der Waals surface area contributed by atoms with Crippen molar-refractivity contribution in [3.63, 3.8) is 0 Å². The number of phosphoric ester groups is 2. The summed E-state index contributed by atoms with van der Waals surface area (Å²) in [5, 5.41) is 10.7. The number of esters is 4. The van der Waals surface area contributed by atoms with E-state index in [9.17, 15) is 43.2 Å². The third kappa shape index (κ3) is 81.9. The largest absolute Gasteiger partial charge is 0.472 e. The average Bonchev–Trinajstić information content (AvgIpc) is 0.898. The van der Waals surface area contributed by atoms with E-state index >= 15 is 0 Å². The predicted molar refractivity (Wildman–Crippen MR) is 463 cm³/mol. The minimum Gasteiger partial charge on any atom is -0.462 e. The van der Waals surface area contributed by atoms with E-state index in [0.29, 0.717) is 38.5 Å². The molecule has 17 nitrogen and oxygen atoms in total. The quantitative estimate of drug-likeness (QED) is 0.0169. The molecule has 0 aromatic rings. The van der Waals surface area contributed by atoms with Crippen molar-refractivity contribution in [3.8, 4) is 0 Å². The van der Waals surface area contributed by atoms with Crippen molar-refractivity contribution in [2.75, 3.05) is 39.6 Å². The lowest BCUT2D eigenvalue weighted by Gasteiger charge is -2.21. The van der Waals surface area contributed by atoms with E-state index < -0.39 is 97.5 Å². The van der Waals surface area contributed by atoms with Gasteiger partial charge in [-0.2, -0.15) is 0 Å². The minimum absolute atomic E-state index is 0.0242. The third-order valence-electron chi connectivity index (χ3n) is 17.1. The van der Waals surface area contributed by atoms with Crippen molar-refractivity contribution >= 4 is 39.5 Å². The molecule has 0 aliphatic heterocycles.